The third-order valence-electron chi connectivity index (χ3n) is 3.41. The molecule has 0 aliphatic carbocycles. The van der Waals surface area contributed by atoms with E-state index in [1.54, 1.807) is 9.80 Å². The molecule has 2 amide bonds. The van der Waals surface area contributed by atoms with Gasteiger partial charge in [-0.3, -0.25) is 9.59 Å². The Balaban J connectivity index is 2.05. The maximum atomic E-state index is 12.5. The van der Waals surface area contributed by atoms with Crippen LogP contribution in [0.1, 0.15) is 15.9 Å². The highest BCUT2D eigenvalue weighted by molar-refractivity contribution is 9.10. The molecule has 20 heavy (non-hydrogen) atoms. The summed E-state index contributed by atoms with van der Waals surface area (Å²) in [7, 11) is 0. The number of benzene rings is 1. The number of aryl methyl sites for hydroxylation is 1. The van der Waals surface area contributed by atoms with E-state index in [-0.39, 0.29) is 11.8 Å². The number of rotatable bonds is 2. The SMILES string of the molecule is Cc1ccc(Br)c(C(=O)N2CCN(C(=O)CO)CC2)c1. The van der Waals surface area contributed by atoms with E-state index in [0.29, 0.717) is 31.7 Å². The second-order valence-electron chi connectivity index (χ2n) is 4.81. The molecular formula is C14H17BrN2O3. The predicted octanol–water partition coefficient (Wildman–Crippen LogP) is 1.03. The maximum Gasteiger partial charge on any atom is 0.255 e. The van der Waals surface area contributed by atoms with Gasteiger partial charge in [0.15, 0.2) is 0 Å². The van der Waals surface area contributed by atoms with Gasteiger partial charge in [-0.1, -0.05) is 11.6 Å². The summed E-state index contributed by atoms with van der Waals surface area (Å²) < 4.78 is 0.780. The van der Waals surface area contributed by atoms with Gasteiger partial charge >= 0.3 is 0 Å². The molecule has 6 heteroatoms. The second-order valence-corrected chi connectivity index (χ2v) is 5.67. The number of carbonyl (C=O) groups is 2. The fourth-order valence-electron chi connectivity index (χ4n) is 2.23. The number of aliphatic hydroxyl groups is 1. The number of halogens is 1. The topological polar surface area (TPSA) is 60.9 Å². The predicted molar refractivity (Wildman–Crippen MR) is 78.4 cm³/mol. The van der Waals surface area contributed by atoms with Crippen molar-refractivity contribution in [3.05, 3.63) is 33.8 Å². The van der Waals surface area contributed by atoms with E-state index >= 15 is 0 Å². The molecular weight excluding hydrogens is 324 g/mol. The van der Waals surface area contributed by atoms with Crippen LogP contribution in [0.3, 0.4) is 0 Å². The molecule has 108 valence electrons. The first-order valence-corrected chi connectivity index (χ1v) is 7.26. The minimum absolute atomic E-state index is 0.0309. The van der Waals surface area contributed by atoms with Crippen molar-refractivity contribution in [3.8, 4) is 0 Å². The van der Waals surface area contributed by atoms with Gasteiger partial charge in [-0.05, 0) is 35.0 Å². The standard InChI is InChI=1S/C14H17BrN2O3/c1-10-2-3-12(15)11(8-10)14(20)17-6-4-16(5-7-17)13(19)9-18/h2-3,8,18H,4-7,9H2,1H3. The lowest BCUT2D eigenvalue weighted by molar-refractivity contribution is -0.135. The highest BCUT2D eigenvalue weighted by atomic mass is 79.9. The van der Waals surface area contributed by atoms with Gasteiger partial charge in [0.05, 0.1) is 5.56 Å². The zero-order valence-electron chi connectivity index (χ0n) is 11.3. The van der Waals surface area contributed by atoms with Crippen molar-refractivity contribution in [3.63, 3.8) is 0 Å². The van der Waals surface area contributed by atoms with Crippen LogP contribution in [0, 0.1) is 6.92 Å². The van der Waals surface area contributed by atoms with E-state index in [0.717, 1.165) is 10.0 Å². The van der Waals surface area contributed by atoms with Crippen molar-refractivity contribution in [2.45, 2.75) is 6.92 Å². The van der Waals surface area contributed by atoms with Gasteiger partial charge in [0.25, 0.3) is 5.91 Å². The second kappa shape index (κ2) is 6.37. The Morgan fingerprint density at radius 3 is 2.40 bits per heavy atom. The third-order valence-corrected chi connectivity index (χ3v) is 4.10. The van der Waals surface area contributed by atoms with Gasteiger partial charge in [-0.25, -0.2) is 0 Å². The van der Waals surface area contributed by atoms with E-state index in [9.17, 15) is 9.59 Å². The molecule has 0 atom stereocenters. The van der Waals surface area contributed by atoms with E-state index in [2.05, 4.69) is 15.9 Å². The Bertz CT molecular complexity index is 525. The molecule has 0 radical (unpaired) electrons. The average Bonchev–Trinajstić information content (AvgIpc) is 2.48. The summed E-state index contributed by atoms with van der Waals surface area (Å²) in [5, 5.41) is 8.83. The summed E-state index contributed by atoms with van der Waals surface area (Å²) in [6.45, 7) is 3.39. The molecule has 1 aliphatic heterocycles. The molecule has 1 N–H and O–H groups in total. The molecule has 0 bridgehead atoms. The molecule has 0 unspecified atom stereocenters. The fraction of sp³-hybridized carbons (Fsp3) is 0.429. The van der Waals surface area contributed by atoms with Crippen molar-refractivity contribution in [1.29, 1.82) is 0 Å². The van der Waals surface area contributed by atoms with Gasteiger partial charge in [0.1, 0.15) is 6.61 Å². The molecule has 1 saturated heterocycles. The highest BCUT2D eigenvalue weighted by Crippen LogP contribution is 2.20. The molecule has 1 aromatic rings. The smallest absolute Gasteiger partial charge is 0.255 e. The van der Waals surface area contributed by atoms with Crippen LogP contribution < -0.4 is 0 Å². The lowest BCUT2D eigenvalue weighted by Gasteiger charge is -2.34. The molecule has 2 rings (SSSR count). The number of hydrogen-bond donors (Lipinski definition) is 1. The summed E-state index contributed by atoms with van der Waals surface area (Å²) in [6.07, 6.45) is 0. The lowest BCUT2D eigenvalue weighted by atomic mass is 10.1. The Kier molecular flexibility index (Phi) is 4.77. The van der Waals surface area contributed by atoms with Crippen LogP contribution in [-0.2, 0) is 4.79 Å². The van der Waals surface area contributed by atoms with Crippen LogP contribution in [0.5, 0.6) is 0 Å². The molecule has 1 aromatic carbocycles. The first kappa shape index (κ1) is 15.0. The lowest BCUT2D eigenvalue weighted by Crippen LogP contribution is -2.51. The summed E-state index contributed by atoms with van der Waals surface area (Å²) in [4.78, 5) is 27.2. The first-order chi connectivity index (χ1) is 9.52. The molecule has 0 spiro atoms. The molecule has 0 aromatic heterocycles. The van der Waals surface area contributed by atoms with E-state index in [4.69, 9.17) is 5.11 Å². The number of nitrogens with zero attached hydrogens (tertiary/aromatic N) is 2. The number of hydrogen-bond acceptors (Lipinski definition) is 3. The van der Waals surface area contributed by atoms with Crippen molar-refractivity contribution in [2.24, 2.45) is 0 Å². The maximum absolute atomic E-state index is 12.5. The molecule has 0 saturated carbocycles. The Morgan fingerprint density at radius 1 is 1.20 bits per heavy atom. The molecule has 1 fully saturated rings. The van der Waals surface area contributed by atoms with Crippen molar-refractivity contribution >= 4 is 27.7 Å². The molecule has 5 nitrogen and oxygen atoms in total. The summed E-state index contributed by atoms with van der Waals surface area (Å²) in [5.74, 6) is -0.314. The number of carbonyl (C=O) groups excluding carboxylic acids is 2. The fourth-order valence-corrected chi connectivity index (χ4v) is 2.65. The zero-order chi connectivity index (χ0) is 14.7. The summed E-state index contributed by atoms with van der Waals surface area (Å²) >= 11 is 3.40. The largest absolute Gasteiger partial charge is 0.387 e. The number of piperazine rings is 1. The Morgan fingerprint density at radius 2 is 1.80 bits per heavy atom. The summed E-state index contributed by atoms with van der Waals surface area (Å²) in [6, 6.07) is 5.67. The van der Waals surface area contributed by atoms with Crippen LogP contribution in [-0.4, -0.2) is 59.5 Å². The summed E-state index contributed by atoms with van der Waals surface area (Å²) in [5.41, 5.74) is 1.68. The van der Waals surface area contributed by atoms with Gasteiger partial charge < -0.3 is 14.9 Å². The number of amides is 2. The van der Waals surface area contributed by atoms with Gasteiger partial charge in [-0.2, -0.15) is 0 Å². The Labute approximate surface area is 126 Å². The quantitative estimate of drug-likeness (QED) is 0.874. The van der Waals surface area contributed by atoms with Crippen LogP contribution >= 0.6 is 15.9 Å². The minimum atomic E-state index is -0.475. The number of aliphatic hydroxyl groups excluding tert-OH is 1. The van der Waals surface area contributed by atoms with Crippen LogP contribution in [0.4, 0.5) is 0 Å². The van der Waals surface area contributed by atoms with Crippen molar-refractivity contribution in [1.82, 2.24) is 9.80 Å². The minimum Gasteiger partial charge on any atom is -0.387 e. The van der Waals surface area contributed by atoms with Crippen molar-refractivity contribution in [2.75, 3.05) is 32.8 Å². The highest BCUT2D eigenvalue weighted by Gasteiger charge is 2.25. The van der Waals surface area contributed by atoms with E-state index < -0.39 is 6.61 Å². The Hall–Kier alpha value is -1.40. The van der Waals surface area contributed by atoms with Gasteiger partial charge in [0, 0.05) is 30.7 Å². The third kappa shape index (κ3) is 3.19. The van der Waals surface area contributed by atoms with Crippen molar-refractivity contribution < 1.29 is 14.7 Å². The van der Waals surface area contributed by atoms with Gasteiger partial charge in [-0.15, -0.1) is 0 Å². The van der Waals surface area contributed by atoms with E-state index in [1.165, 1.54) is 0 Å². The van der Waals surface area contributed by atoms with E-state index in [1.807, 2.05) is 25.1 Å². The van der Waals surface area contributed by atoms with Crippen LogP contribution in [0.25, 0.3) is 0 Å². The zero-order valence-corrected chi connectivity index (χ0v) is 12.9. The molecule has 1 aliphatic rings. The average molecular weight is 341 g/mol. The van der Waals surface area contributed by atoms with Crippen LogP contribution in [0.2, 0.25) is 0 Å². The normalized spacial score (nSPS) is 15.3. The monoisotopic (exact) mass is 340 g/mol. The van der Waals surface area contributed by atoms with Gasteiger partial charge in [0.2, 0.25) is 5.91 Å². The molecule has 1 heterocycles. The van der Waals surface area contributed by atoms with Crippen LogP contribution in [0.15, 0.2) is 22.7 Å². The first-order valence-electron chi connectivity index (χ1n) is 6.47.